The van der Waals surface area contributed by atoms with Crippen LogP contribution in [-0.2, 0) is 11.2 Å². The van der Waals surface area contributed by atoms with Gasteiger partial charge in [0.25, 0.3) is 5.91 Å². The fourth-order valence-corrected chi connectivity index (χ4v) is 2.07. The average molecular weight is 303 g/mol. The number of halogens is 1. The number of carbonyl (C=O) groups excluding carboxylic acids is 2. The van der Waals surface area contributed by atoms with Gasteiger partial charge in [0.05, 0.1) is 6.42 Å². The second-order valence-electron chi connectivity index (χ2n) is 4.47. The van der Waals surface area contributed by atoms with Gasteiger partial charge in [0, 0.05) is 23.3 Å². The Morgan fingerprint density at radius 2 is 1.71 bits per heavy atom. The molecule has 5 heteroatoms. The number of hydrogen-bond acceptors (Lipinski definition) is 2. The Kier molecular flexibility index (Phi) is 4.95. The molecule has 0 saturated heterocycles. The molecular formula is C16H15ClN2O2. The summed E-state index contributed by atoms with van der Waals surface area (Å²) in [6.45, 7) is 0. The zero-order valence-corrected chi connectivity index (χ0v) is 12.3. The lowest BCUT2D eigenvalue weighted by Crippen LogP contribution is -2.18. The minimum absolute atomic E-state index is 0.157. The van der Waals surface area contributed by atoms with Crippen molar-refractivity contribution in [3.05, 3.63) is 64.7 Å². The number of amides is 2. The van der Waals surface area contributed by atoms with Crippen molar-refractivity contribution in [1.29, 1.82) is 0 Å². The summed E-state index contributed by atoms with van der Waals surface area (Å²) in [5, 5.41) is 5.88. The number of hydrogen-bond donors (Lipinski definition) is 2. The summed E-state index contributed by atoms with van der Waals surface area (Å²) in [5.74, 6) is -0.320. The van der Waals surface area contributed by atoms with Gasteiger partial charge in [0.2, 0.25) is 5.91 Å². The Hall–Kier alpha value is -2.33. The molecule has 0 spiro atoms. The topological polar surface area (TPSA) is 58.2 Å². The normalized spacial score (nSPS) is 10.0. The predicted molar refractivity (Wildman–Crippen MR) is 83.6 cm³/mol. The second kappa shape index (κ2) is 6.90. The van der Waals surface area contributed by atoms with Crippen molar-refractivity contribution in [1.82, 2.24) is 5.32 Å². The molecule has 108 valence electrons. The van der Waals surface area contributed by atoms with E-state index in [2.05, 4.69) is 10.6 Å². The summed E-state index contributed by atoms with van der Waals surface area (Å²) in [5.41, 5.74) is 1.96. The molecule has 0 fully saturated rings. The molecule has 0 aliphatic carbocycles. The molecule has 4 nitrogen and oxygen atoms in total. The van der Waals surface area contributed by atoms with Crippen molar-refractivity contribution in [3.8, 4) is 0 Å². The molecule has 0 bridgehead atoms. The molecule has 21 heavy (non-hydrogen) atoms. The van der Waals surface area contributed by atoms with Crippen LogP contribution < -0.4 is 10.6 Å². The molecule has 0 aromatic heterocycles. The Labute approximate surface area is 128 Å². The lowest BCUT2D eigenvalue weighted by molar-refractivity contribution is -0.115. The van der Waals surface area contributed by atoms with Crippen LogP contribution >= 0.6 is 11.6 Å². The van der Waals surface area contributed by atoms with Crippen molar-refractivity contribution >= 4 is 29.1 Å². The van der Waals surface area contributed by atoms with E-state index in [1.165, 1.54) is 0 Å². The Balaban J connectivity index is 2.00. The monoisotopic (exact) mass is 302 g/mol. The van der Waals surface area contributed by atoms with E-state index in [4.69, 9.17) is 11.6 Å². The van der Waals surface area contributed by atoms with Crippen LogP contribution in [0.4, 0.5) is 5.69 Å². The first kappa shape index (κ1) is 15.1. The highest BCUT2D eigenvalue weighted by molar-refractivity contribution is 6.31. The maximum atomic E-state index is 12.0. The van der Waals surface area contributed by atoms with Crippen LogP contribution in [0.3, 0.4) is 0 Å². The Morgan fingerprint density at radius 3 is 2.33 bits per heavy atom. The standard InChI is InChI=1S/C16H15ClN2O2/c1-18-16(21)11-6-8-13(9-7-11)19-15(20)10-12-4-2-3-5-14(12)17/h2-9H,10H2,1H3,(H,18,21)(H,19,20). The fraction of sp³-hybridized carbons (Fsp3) is 0.125. The molecule has 0 atom stereocenters. The number of benzene rings is 2. The van der Waals surface area contributed by atoms with Gasteiger partial charge in [0.1, 0.15) is 0 Å². The Bertz CT molecular complexity index is 654. The smallest absolute Gasteiger partial charge is 0.251 e. The Morgan fingerprint density at radius 1 is 1.05 bits per heavy atom. The third-order valence-corrected chi connectivity index (χ3v) is 3.34. The van der Waals surface area contributed by atoms with E-state index in [0.717, 1.165) is 5.56 Å². The van der Waals surface area contributed by atoms with Crippen molar-refractivity contribution in [2.75, 3.05) is 12.4 Å². The number of carbonyl (C=O) groups is 2. The summed E-state index contributed by atoms with van der Waals surface area (Å²) < 4.78 is 0. The van der Waals surface area contributed by atoms with Gasteiger partial charge < -0.3 is 10.6 Å². The summed E-state index contributed by atoms with van der Waals surface area (Å²) in [4.78, 5) is 23.4. The third-order valence-electron chi connectivity index (χ3n) is 2.97. The zero-order chi connectivity index (χ0) is 15.2. The van der Waals surface area contributed by atoms with E-state index in [1.807, 2.05) is 18.2 Å². The van der Waals surface area contributed by atoms with Crippen LogP contribution in [0.25, 0.3) is 0 Å². The van der Waals surface area contributed by atoms with E-state index >= 15 is 0 Å². The third kappa shape index (κ3) is 4.07. The minimum Gasteiger partial charge on any atom is -0.355 e. The lowest BCUT2D eigenvalue weighted by atomic mass is 10.1. The number of anilines is 1. The molecule has 2 rings (SSSR count). The van der Waals surface area contributed by atoms with E-state index in [9.17, 15) is 9.59 Å². The van der Waals surface area contributed by atoms with Crippen molar-refractivity contribution in [2.24, 2.45) is 0 Å². The van der Waals surface area contributed by atoms with Crippen molar-refractivity contribution < 1.29 is 9.59 Å². The summed E-state index contributed by atoms with van der Waals surface area (Å²) in [6, 6.07) is 13.9. The molecular weight excluding hydrogens is 288 g/mol. The molecule has 0 aliphatic heterocycles. The van der Waals surface area contributed by atoms with E-state index < -0.39 is 0 Å². The molecule has 0 saturated carbocycles. The molecule has 0 unspecified atom stereocenters. The average Bonchev–Trinajstić information content (AvgIpc) is 2.49. The van der Waals surface area contributed by atoms with Gasteiger partial charge in [-0.25, -0.2) is 0 Å². The van der Waals surface area contributed by atoms with Crippen LogP contribution in [0.5, 0.6) is 0 Å². The molecule has 2 N–H and O–H groups in total. The molecule has 2 amide bonds. The predicted octanol–water partition coefficient (Wildman–Crippen LogP) is 2.88. The van der Waals surface area contributed by atoms with Crippen LogP contribution in [0, 0.1) is 0 Å². The highest BCUT2D eigenvalue weighted by Crippen LogP contribution is 2.16. The maximum absolute atomic E-state index is 12.0. The molecule has 2 aromatic rings. The van der Waals surface area contributed by atoms with Crippen molar-refractivity contribution in [3.63, 3.8) is 0 Å². The fourth-order valence-electron chi connectivity index (χ4n) is 1.87. The summed E-state index contributed by atoms with van der Waals surface area (Å²) in [6.07, 6.45) is 0.205. The first-order valence-electron chi connectivity index (χ1n) is 6.45. The summed E-state index contributed by atoms with van der Waals surface area (Å²) >= 11 is 6.02. The molecule has 0 aliphatic rings. The molecule has 0 heterocycles. The van der Waals surface area contributed by atoms with Crippen LogP contribution in [0.1, 0.15) is 15.9 Å². The van der Waals surface area contributed by atoms with Gasteiger partial charge in [0.15, 0.2) is 0 Å². The lowest BCUT2D eigenvalue weighted by Gasteiger charge is -2.07. The summed E-state index contributed by atoms with van der Waals surface area (Å²) in [7, 11) is 1.57. The largest absolute Gasteiger partial charge is 0.355 e. The van der Waals surface area contributed by atoms with E-state index in [1.54, 1.807) is 37.4 Å². The quantitative estimate of drug-likeness (QED) is 0.912. The minimum atomic E-state index is -0.163. The van der Waals surface area contributed by atoms with Gasteiger partial charge >= 0.3 is 0 Å². The first-order chi connectivity index (χ1) is 10.1. The van der Waals surface area contributed by atoms with Gasteiger partial charge in [-0.3, -0.25) is 9.59 Å². The van der Waals surface area contributed by atoms with Gasteiger partial charge in [-0.15, -0.1) is 0 Å². The van der Waals surface area contributed by atoms with Gasteiger partial charge in [-0.1, -0.05) is 29.8 Å². The van der Waals surface area contributed by atoms with Crippen LogP contribution in [0.15, 0.2) is 48.5 Å². The van der Waals surface area contributed by atoms with Crippen LogP contribution in [0.2, 0.25) is 5.02 Å². The molecule has 2 aromatic carbocycles. The second-order valence-corrected chi connectivity index (χ2v) is 4.88. The zero-order valence-electron chi connectivity index (χ0n) is 11.5. The highest BCUT2D eigenvalue weighted by atomic mass is 35.5. The van der Waals surface area contributed by atoms with Gasteiger partial charge in [-0.2, -0.15) is 0 Å². The van der Waals surface area contributed by atoms with E-state index in [-0.39, 0.29) is 18.2 Å². The number of nitrogens with one attached hydrogen (secondary N) is 2. The van der Waals surface area contributed by atoms with E-state index in [0.29, 0.717) is 16.3 Å². The van der Waals surface area contributed by atoms with Crippen molar-refractivity contribution in [2.45, 2.75) is 6.42 Å². The van der Waals surface area contributed by atoms with Crippen LogP contribution in [-0.4, -0.2) is 18.9 Å². The van der Waals surface area contributed by atoms with Gasteiger partial charge in [-0.05, 0) is 35.9 Å². The highest BCUT2D eigenvalue weighted by Gasteiger charge is 2.08. The molecule has 0 radical (unpaired) electrons. The number of rotatable bonds is 4. The first-order valence-corrected chi connectivity index (χ1v) is 6.83. The SMILES string of the molecule is CNC(=O)c1ccc(NC(=O)Cc2ccccc2Cl)cc1. The maximum Gasteiger partial charge on any atom is 0.251 e.